The third kappa shape index (κ3) is 10.3. The van der Waals surface area contributed by atoms with Crippen LogP contribution >= 0.6 is 0 Å². The third-order valence-corrected chi connectivity index (χ3v) is 2.10. The molecule has 0 aromatic heterocycles. The molecule has 0 radical (unpaired) electrons. The van der Waals surface area contributed by atoms with Crippen molar-refractivity contribution in [3.05, 3.63) is 0 Å². The summed E-state index contributed by atoms with van der Waals surface area (Å²) >= 11 is 0. The molecule has 8 nitrogen and oxygen atoms in total. The second-order valence-corrected chi connectivity index (χ2v) is 4.09. The summed E-state index contributed by atoms with van der Waals surface area (Å²) in [6, 6.07) is 0. The van der Waals surface area contributed by atoms with Crippen LogP contribution in [0.3, 0.4) is 0 Å². The Bertz CT molecular complexity index is 327. The smallest absolute Gasteiger partial charge is 0.308 e. The maximum Gasteiger partial charge on any atom is 0.308 e. The van der Waals surface area contributed by atoms with Crippen LogP contribution in [0, 0.1) is 0 Å². The predicted octanol–water partition coefficient (Wildman–Crippen LogP) is -0.842. The van der Waals surface area contributed by atoms with Crippen LogP contribution in [-0.2, 0) is 28.6 Å². The number of carbonyl (C=O) groups excluding carboxylic acids is 3. The number of hydrogen-bond donors (Lipinski definition) is 2. The lowest BCUT2D eigenvalue weighted by molar-refractivity contribution is -0.165. The Morgan fingerprint density at radius 2 is 1.65 bits per heavy atom. The van der Waals surface area contributed by atoms with Crippen molar-refractivity contribution in [2.75, 3.05) is 19.8 Å². The molecule has 116 valence electrons. The summed E-state index contributed by atoms with van der Waals surface area (Å²) < 4.78 is 14.3. The van der Waals surface area contributed by atoms with Gasteiger partial charge in [0.25, 0.3) is 0 Å². The molecule has 0 saturated carbocycles. The van der Waals surface area contributed by atoms with E-state index in [0.29, 0.717) is 0 Å². The van der Waals surface area contributed by atoms with Gasteiger partial charge >= 0.3 is 17.9 Å². The van der Waals surface area contributed by atoms with Crippen LogP contribution in [0.15, 0.2) is 0 Å². The van der Waals surface area contributed by atoms with E-state index in [1.165, 1.54) is 13.8 Å². The maximum atomic E-state index is 11.3. The molecule has 0 saturated heterocycles. The van der Waals surface area contributed by atoms with Crippen molar-refractivity contribution >= 4 is 17.9 Å². The molecule has 0 aliphatic carbocycles. The van der Waals surface area contributed by atoms with Crippen molar-refractivity contribution in [3.8, 4) is 0 Å². The fraction of sp³-hybridized carbons (Fsp3) is 0.750. The average Bonchev–Trinajstić information content (AvgIpc) is 2.32. The molecule has 2 atom stereocenters. The second-order valence-electron chi connectivity index (χ2n) is 4.09. The largest absolute Gasteiger partial charge is 0.462 e. The minimum atomic E-state index is -0.992. The lowest BCUT2D eigenvalue weighted by Crippen LogP contribution is -2.30. The molecule has 8 heteroatoms. The van der Waals surface area contributed by atoms with Crippen molar-refractivity contribution in [2.45, 2.75) is 38.9 Å². The molecule has 0 amide bonds. The maximum absolute atomic E-state index is 11.3. The van der Waals surface area contributed by atoms with Gasteiger partial charge in [-0.25, -0.2) is 0 Å². The van der Waals surface area contributed by atoms with Gasteiger partial charge in [-0.3, -0.25) is 14.4 Å². The van der Waals surface area contributed by atoms with Gasteiger partial charge in [-0.1, -0.05) is 0 Å². The molecule has 0 fully saturated rings. The molecule has 0 aliphatic rings. The van der Waals surface area contributed by atoms with Crippen LogP contribution in [0.25, 0.3) is 0 Å². The highest BCUT2D eigenvalue weighted by molar-refractivity contribution is 5.70. The van der Waals surface area contributed by atoms with Crippen molar-refractivity contribution in [1.82, 2.24) is 0 Å². The first-order valence-corrected chi connectivity index (χ1v) is 6.10. The predicted molar refractivity (Wildman–Crippen MR) is 65.5 cm³/mol. The van der Waals surface area contributed by atoms with Crippen molar-refractivity contribution in [1.29, 1.82) is 0 Å². The zero-order chi connectivity index (χ0) is 15.5. The van der Waals surface area contributed by atoms with Crippen molar-refractivity contribution in [3.63, 3.8) is 0 Å². The Morgan fingerprint density at radius 3 is 2.15 bits per heavy atom. The molecular weight excluding hydrogens is 272 g/mol. The summed E-state index contributed by atoms with van der Waals surface area (Å²) in [5, 5.41) is 17.9. The van der Waals surface area contributed by atoms with Crippen molar-refractivity contribution < 1.29 is 38.8 Å². The summed E-state index contributed by atoms with van der Waals surface area (Å²) in [7, 11) is 0. The van der Waals surface area contributed by atoms with Crippen LogP contribution in [0.5, 0.6) is 0 Å². The van der Waals surface area contributed by atoms with Gasteiger partial charge in [0.1, 0.15) is 13.2 Å². The van der Waals surface area contributed by atoms with Crippen LogP contribution in [0.2, 0.25) is 0 Å². The Balaban J connectivity index is 4.12. The normalized spacial score (nSPS) is 13.2. The topological polar surface area (TPSA) is 119 Å². The Morgan fingerprint density at radius 1 is 1.05 bits per heavy atom. The quantitative estimate of drug-likeness (QED) is 0.417. The van der Waals surface area contributed by atoms with Gasteiger partial charge in [-0.2, -0.15) is 0 Å². The van der Waals surface area contributed by atoms with E-state index in [4.69, 9.17) is 14.6 Å². The fourth-order valence-corrected chi connectivity index (χ4v) is 1.25. The Hall–Kier alpha value is -1.67. The number of rotatable bonds is 9. The number of ether oxygens (including phenoxy) is 3. The van der Waals surface area contributed by atoms with Crippen LogP contribution in [0.1, 0.15) is 26.7 Å². The standard InChI is InChI=1S/C12H20O8/c1-8(14)18-6-11(20-9(2)15)7-19-12(17)5-10(16)3-4-13/h10-11,13,16H,3-7H2,1-2H3. The Labute approximate surface area is 116 Å². The van der Waals surface area contributed by atoms with E-state index < -0.39 is 30.1 Å². The molecular formula is C12H20O8. The number of carbonyl (C=O) groups is 3. The number of aliphatic hydroxyl groups is 2. The van der Waals surface area contributed by atoms with E-state index in [9.17, 15) is 19.5 Å². The molecule has 0 rings (SSSR count). The molecule has 0 heterocycles. The van der Waals surface area contributed by atoms with Crippen LogP contribution in [-0.4, -0.2) is 60.1 Å². The van der Waals surface area contributed by atoms with Gasteiger partial charge in [0.2, 0.25) is 0 Å². The molecule has 0 aliphatic heterocycles. The van der Waals surface area contributed by atoms with E-state index in [1.807, 2.05) is 0 Å². The number of hydrogen-bond acceptors (Lipinski definition) is 8. The van der Waals surface area contributed by atoms with E-state index in [1.54, 1.807) is 0 Å². The highest BCUT2D eigenvalue weighted by Gasteiger charge is 2.18. The molecule has 0 aromatic carbocycles. The van der Waals surface area contributed by atoms with E-state index in [-0.39, 0.29) is 32.7 Å². The highest BCUT2D eigenvalue weighted by atomic mass is 16.6. The van der Waals surface area contributed by atoms with Gasteiger partial charge in [0, 0.05) is 20.5 Å². The summed E-state index contributed by atoms with van der Waals surface area (Å²) in [6.07, 6.45) is -2.10. The van der Waals surface area contributed by atoms with Gasteiger partial charge in [0.05, 0.1) is 12.5 Å². The first-order valence-electron chi connectivity index (χ1n) is 6.10. The zero-order valence-electron chi connectivity index (χ0n) is 11.5. The summed E-state index contributed by atoms with van der Waals surface area (Å²) in [5.41, 5.74) is 0. The van der Waals surface area contributed by atoms with Gasteiger partial charge in [0.15, 0.2) is 6.10 Å². The molecule has 2 unspecified atom stereocenters. The molecule has 0 aromatic rings. The number of aliphatic hydroxyl groups excluding tert-OH is 2. The zero-order valence-corrected chi connectivity index (χ0v) is 11.5. The van der Waals surface area contributed by atoms with Gasteiger partial charge < -0.3 is 24.4 Å². The van der Waals surface area contributed by atoms with Crippen LogP contribution < -0.4 is 0 Å². The minimum absolute atomic E-state index is 0.0654. The average molecular weight is 292 g/mol. The van der Waals surface area contributed by atoms with Crippen molar-refractivity contribution in [2.24, 2.45) is 0 Å². The summed E-state index contributed by atoms with van der Waals surface area (Å²) in [6.45, 7) is 1.63. The van der Waals surface area contributed by atoms with Crippen LogP contribution in [0.4, 0.5) is 0 Å². The highest BCUT2D eigenvalue weighted by Crippen LogP contribution is 2.02. The lowest BCUT2D eigenvalue weighted by atomic mass is 10.2. The monoisotopic (exact) mass is 292 g/mol. The molecule has 2 N–H and O–H groups in total. The van der Waals surface area contributed by atoms with Gasteiger partial charge in [-0.05, 0) is 6.42 Å². The Kier molecular flexibility index (Phi) is 9.31. The van der Waals surface area contributed by atoms with E-state index in [0.717, 1.165) is 0 Å². The first kappa shape index (κ1) is 18.3. The SMILES string of the molecule is CC(=O)OCC(COC(=O)CC(O)CCO)OC(C)=O. The first-order chi connectivity index (χ1) is 9.35. The number of esters is 3. The summed E-state index contributed by atoms with van der Waals surface area (Å²) in [4.78, 5) is 32.8. The molecule has 0 bridgehead atoms. The fourth-order valence-electron chi connectivity index (χ4n) is 1.25. The molecule has 20 heavy (non-hydrogen) atoms. The van der Waals surface area contributed by atoms with E-state index >= 15 is 0 Å². The van der Waals surface area contributed by atoms with E-state index in [2.05, 4.69) is 4.74 Å². The third-order valence-electron chi connectivity index (χ3n) is 2.10. The molecule has 0 spiro atoms. The second kappa shape index (κ2) is 10.2. The minimum Gasteiger partial charge on any atom is -0.462 e. The lowest BCUT2D eigenvalue weighted by Gasteiger charge is -2.17. The van der Waals surface area contributed by atoms with Gasteiger partial charge in [-0.15, -0.1) is 0 Å². The summed E-state index contributed by atoms with van der Waals surface area (Å²) in [5.74, 6) is -1.85.